The molecule has 3 aliphatic rings. The van der Waals surface area contributed by atoms with Crippen LogP contribution in [0.2, 0.25) is 0 Å². The minimum atomic E-state index is 0.567. The third-order valence-corrected chi connectivity index (χ3v) is 4.46. The first-order valence-corrected chi connectivity index (χ1v) is 6.21. The van der Waals surface area contributed by atoms with Crippen molar-refractivity contribution in [2.24, 2.45) is 0 Å². The second-order valence-corrected chi connectivity index (χ2v) is 4.99. The third-order valence-electron chi connectivity index (χ3n) is 4.46. The first-order valence-electron chi connectivity index (χ1n) is 6.21. The fraction of sp³-hybridized carbons (Fsp3) is 1.00. The van der Waals surface area contributed by atoms with E-state index in [0.29, 0.717) is 5.54 Å². The zero-order valence-corrected chi connectivity index (χ0v) is 9.92. The molecule has 2 heteroatoms. The van der Waals surface area contributed by atoms with Crippen molar-refractivity contribution in [2.45, 2.75) is 51.6 Å². The molecule has 3 heterocycles. The second-order valence-electron chi connectivity index (χ2n) is 4.99. The van der Waals surface area contributed by atoms with E-state index >= 15 is 0 Å². The van der Waals surface area contributed by atoms with Gasteiger partial charge in [0.1, 0.15) is 0 Å². The van der Waals surface area contributed by atoms with Crippen molar-refractivity contribution in [2.75, 3.05) is 26.2 Å². The maximum absolute atomic E-state index is 2.71. The van der Waals surface area contributed by atoms with Gasteiger partial charge in [-0.25, -0.2) is 0 Å². The van der Waals surface area contributed by atoms with Crippen LogP contribution < -0.4 is 0 Å². The molecule has 0 amide bonds. The van der Waals surface area contributed by atoms with Crippen LogP contribution in [0.15, 0.2) is 0 Å². The SMILES string of the molecule is CCN(CC)C12CCN(CC1)C(C)C2. The molecule has 3 fully saturated rings. The van der Waals surface area contributed by atoms with Crippen LogP contribution in [0, 0.1) is 0 Å². The molecule has 3 aliphatic heterocycles. The summed E-state index contributed by atoms with van der Waals surface area (Å²) in [5, 5.41) is 0. The van der Waals surface area contributed by atoms with Crippen LogP contribution in [-0.2, 0) is 0 Å². The van der Waals surface area contributed by atoms with Crippen LogP contribution in [0.3, 0.4) is 0 Å². The number of nitrogens with zero attached hydrogens (tertiary/aromatic N) is 2. The molecule has 0 saturated carbocycles. The van der Waals surface area contributed by atoms with E-state index in [1.807, 2.05) is 0 Å². The summed E-state index contributed by atoms with van der Waals surface area (Å²) in [4.78, 5) is 5.37. The monoisotopic (exact) mass is 196 g/mol. The largest absolute Gasteiger partial charge is 0.300 e. The molecule has 3 rings (SSSR count). The summed E-state index contributed by atoms with van der Waals surface area (Å²) in [5.74, 6) is 0. The predicted octanol–water partition coefficient (Wildman–Crippen LogP) is 1.95. The molecule has 0 aliphatic carbocycles. The van der Waals surface area contributed by atoms with Crippen LogP contribution in [-0.4, -0.2) is 47.6 Å². The first kappa shape index (κ1) is 10.4. The third kappa shape index (κ3) is 1.49. The molecule has 0 radical (unpaired) electrons. The van der Waals surface area contributed by atoms with Gasteiger partial charge < -0.3 is 4.90 Å². The van der Waals surface area contributed by atoms with Gasteiger partial charge >= 0.3 is 0 Å². The number of piperidine rings is 3. The lowest BCUT2D eigenvalue weighted by Gasteiger charge is -2.56. The molecule has 2 bridgehead atoms. The van der Waals surface area contributed by atoms with Gasteiger partial charge in [0, 0.05) is 24.7 Å². The van der Waals surface area contributed by atoms with Gasteiger partial charge in [-0.3, -0.25) is 4.90 Å². The Morgan fingerprint density at radius 3 is 2.21 bits per heavy atom. The molecule has 0 aromatic heterocycles. The molecule has 2 nitrogen and oxygen atoms in total. The molecule has 14 heavy (non-hydrogen) atoms. The maximum atomic E-state index is 2.71. The number of fused-ring (bicyclic) bond motifs is 3. The minimum absolute atomic E-state index is 0.567. The van der Waals surface area contributed by atoms with E-state index in [1.54, 1.807) is 0 Å². The fourth-order valence-electron chi connectivity index (χ4n) is 3.60. The average Bonchev–Trinajstić information content (AvgIpc) is 2.20. The van der Waals surface area contributed by atoms with Gasteiger partial charge in [0.15, 0.2) is 0 Å². The summed E-state index contributed by atoms with van der Waals surface area (Å²) in [6, 6.07) is 0.818. The Morgan fingerprint density at radius 2 is 1.79 bits per heavy atom. The molecule has 0 spiro atoms. The van der Waals surface area contributed by atoms with Crippen molar-refractivity contribution in [3.8, 4) is 0 Å². The Balaban J connectivity index is 2.13. The van der Waals surface area contributed by atoms with Crippen LogP contribution in [0.5, 0.6) is 0 Å². The summed E-state index contributed by atoms with van der Waals surface area (Å²) in [6.45, 7) is 12.1. The molecule has 1 atom stereocenters. The Hall–Kier alpha value is -0.0800. The standard InChI is InChI=1S/C12H24N2/c1-4-14(5-2)12-6-8-13(9-7-12)11(3)10-12/h11H,4-10H2,1-3H3. The van der Waals surface area contributed by atoms with Crippen molar-refractivity contribution in [3.63, 3.8) is 0 Å². The van der Waals surface area contributed by atoms with E-state index in [0.717, 1.165) is 6.04 Å². The Morgan fingerprint density at radius 1 is 1.21 bits per heavy atom. The lowest BCUT2D eigenvalue weighted by molar-refractivity contribution is -0.0536. The van der Waals surface area contributed by atoms with E-state index in [4.69, 9.17) is 0 Å². The fourth-order valence-corrected chi connectivity index (χ4v) is 3.60. The van der Waals surface area contributed by atoms with Crippen molar-refractivity contribution in [1.82, 2.24) is 9.80 Å². The smallest absolute Gasteiger partial charge is 0.0248 e. The Kier molecular flexibility index (Phi) is 2.85. The average molecular weight is 196 g/mol. The van der Waals surface area contributed by atoms with Crippen molar-refractivity contribution < 1.29 is 0 Å². The molecule has 3 saturated heterocycles. The van der Waals surface area contributed by atoms with Gasteiger partial charge in [-0.1, -0.05) is 13.8 Å². The summed E-state index contributed by atoms with van der Waals surface area (Å²) in [6.07, 6.45) is 4.20. The zero-order valence-electron chi connectivity index (χ0n) is 9.92. The van der Waals surface area contributed by atoms with Crippen LogP contribution in [0.1, 0.15) is 40.0 Å². The normalized spacial score (nSPS) is 42.0. The first-order chi connectivity index (χ1) is 6.72. The predicted molar refractivity (Wildman–Crippen MR) is 60.5 cm³/mol. The van der Waals surface area contributed by atoms with Crippen molar-refractivity contribution >= 4 is 0 Å². The molecule has 0 aromatic carbocycles. The van der Waals surface area contributed by atoms with Gasteiger partial charge in [-0.15, -0.1) is 0 Å². The summed E-state index contributed by atoms with van der Waals surface area (Å²) < 4.78 is 0. The topological polar surface area (TPSA) is 6.48 Å². The Bertz CT molecular complexity index is 190. The maximum Gasteiger partial charge on any atom is 0.0248 e. The van der Waals surface area contributed by atoms with Crippen molar-refractivity contribution in [3.05, 3.63) is 0 Å². The highest BCUT2D eigenvalue weighted by Crippen LogP contribution is 2.39. The lowest BCUT2D eigenvalue weighted by atomic mass is 9.75. The van der Waals surface area contributed by atoms with E-state index in [9.17, 15) is 0 Å². The highest BCUT2D eigenvalue weighted by atomic mass is 15.3. The quantitative estimate of drug-likeness (QED) is 0.681. The molecule has 1 unspecified atom stereocenters. The molecule has 0 N–H and O–H groups in total. The number of hydrogen-bond acceptors (Lipinski definition) is 2. The molecule has 82 valence electrons. The molecule has 0 aromatic rings. The number of hydrogen-bond donors (Lipinski definition) is 0. The van der Waals surface area contributed by atoms with E-state index in [1.165, 1.54) is 45.4 Å². The molecular weight excluding hydrogens is 172 g/mol. The van der Waals surface area contributed by atoms with Gasteiger partial charge in [0.05, 0.1) is 0 Å². The minimum Gasteiger partial charge on any atom is -0.300 e. The summed E-state index contributed by atoms with van der Waals surface area (Å²) in [7, 11) is 0. The van der Waals surface area contributed by atoms with E-state index in [-0.39, 0.29) is 0 Å². The van der Waals surface area contributed by atoms with Crippen LogP contribution >= 0.6 is 0 Å². The summed E-state index contributed by atoms with van der Waals surface area (Å²) >= 11 is 0. The van der Waals surface area contributed by atoms with Crippen LogP contribution in [0.25, 0.3) is 0 Å². The van der Waals surface area contributed by atoms with Crippen molar-refractivity contribution in [1.29, 1.82) is 0 Å². The van der Waals surface area contributed by atoms with Gasteiger partial charge in [-0.2, -0.15) is 0 Å². The van der Waals surface area contributed by atoms with E-state index in [2.05, 4.69) is 30.6 Å². The van der Waals surface area contributed by atoms with Gasteiger partial charge in [0.25, 0.3) is 0 Å². The highest BCUT2D eigenvalue weighted by Gasteiger charge is 2.45. The zero-order chi connectivity index (χ0) is 10.2. The van der Waals surface area contributed by atoms with E-state index < -0.39 is 0 Å². The van der Waals surface area contributed by atoms with Gasteiger partial charge in [-0.05, 0) is 39.3 Å². The number of rotatable bonds is 3. The molecular formula is C12H24N2. The summed E-state index contributed by atoms with van der Waals surface area (Å²) in [5.41, 5.74) is 0.567. The Labute approximate surface area is 88.3 Å². The lowest BCUT2D eigenvalue weighted by Crippen LogP contribution is -2.63. The van der Waals surface area contributed by atoms with Crippen LogP contribution in [0.4, 0.5) is 0 Å². The van der Waals surface area contributed by atoms with Gasteiger partial charge in [0.2, 0.25) is 0 Å². The second kappa shape index (κ2) is 3.82. The highest BCUT2D eigenvalue weighted by molar-refractivity contribution is 5.02.